The lowest BCUT2D eigenvalue weighted by Gasteiger charge is -2.35. The molecule has 4 nitrogen and oxygen atoms in total. The molecule has 0 saturated heterocycles. The van der Waals surface area contributed by atoms with E-state index in [0.717, 1.165) is 16.7 Å². The molecule has 0 aliphatic heterocycles. The average molecular weight is 499 g/mol. The Morgan fingerprint density at radius 1 is 0.639 bits per heavy atom. The smallest absolute Gasteiger partial charge is 0.152 e. The van der Waals surface area contributed by atoms with Crippen molar-refractivity contribution in [2.45, 2.75) is 123 Å². The van der Waals surface area contributed by atoms with E-state index in [1.807, 2.05) is 12.1 Å². The van der Waals surface area contributed by atoms with E-state index < -0.39 is 24.9 Å². The van der Waals surface area contributed by atoms with Crippen LogP contribution in [0.5, 0.6) is 5.75 Å². The van der Waals surface area contributed by atoms with E-state index in [-0.39, 0.29) is 21.7 Å². The Balaban J connectivity index is 2.78. The lowest BCUT2D eigenvalue weighted by atomic mass is 9.76. The summed E-state index contributed by atoms with van der Waals surface area (Å²) in [6, 6.07) is 12.5. The molecule has 0 aromatic heterocycles. The van der Waals surface area contributed by atoms with Crippen LogP contribution in [-0.2, 0) is 21.7 Å². The first kappa shape index (κ1) is 30.3. The van der Waals surface area contributed by atoms with Gasteiger partial charge in [0, 0.05) is 0 Å². The molecule has 2 aromatic carbocycles. The lowest BCUT2D eigenvalue weighted by Crippen LogP contribution is -2.38. The van der Waals surface area contributed by atoms with Crippen molar-refractivity contribution >= 4 is 0 Å². The molecule has 0 radical (unpaired) electrons. The van der Waals surface area contributed by atoms with Crippen LogP contribution in [0.15, 0.2) is 36.4 Å². The van der Waals surface area contributed by atoms with Crippen molar-refractivity contribution in [1.82, 2.24) is 0 Å². The van der Waals surface area contributed by atoms with Gasteiger partial charge >= 0.3 is 0 Å². The molecule has 0 spiro atoms. The van der Waals surface area contributed by atoms with Gasteiger partial charge in [-0.05, 0) is 55.5 Å². The first-order valence-corrected chi connectivity index (χ1v) is 13.1. The molecule has 0 heterocycles. The summed E-state index contributed by atoms with van der Waals surface area (Å²) in [5, 5.41) is 31.5. The second-order valence-electron chi connectivity index (χ2n) is 14.3. The van der Waals surface area contributed by atoms with Gasteiger partial charge in [0.05, 0.1) is 6.61 Å². The fraction of sp³-hybridized carbons (Fsp3) is 0.625. The van der Waals surface area contributed by atoms with Gasteiger partial charge in [0.25, 0.3) is 0 Å². The summed E-state index contributed by atoms with van der Waals surface area (Å²) >= 11 is 0. The third kappa shape index (κ3) is 7.12. The highest BCUT2D eigenvalue weighted by Crippen LogP contribution is 2.41. The number of benzene rings is 2. The normalized spacial score (nSPS) is 16.0. The quantitative estimate of drug-likeness (QED) is 0.414. The van der Waals surface area contributed by atoms with Crippen molar-refractivity contribution in [2.24, 2.45) is 0 Å². The second-order valence-corrected chi connectivity index (χ2v) is 14.3. The maximum atomic E-state index is 11.3. The van der Waals surface area contributed by atoms with Gasteiger partial charge in [0.1, 0.15) is 18.0 Å². The largest absolute Gasteiger partial charge is 0.483 e. The predicted molar refractivity (Wildman–Crippen MR) is 150 cm³/mol. The number of aliphatic hydroxyl groups excluding tert-OH is 3. The van der Waals surface area contributed by atoms with Crippen LogP contribution in [0.4, 0.5) is 0 Å². The van der Waals surface area contributed by atoms with E-state index >= 15 is 0 Å². The average Bonchev–Trinajstić information content (AvgIpc) is 2.73. The Morgan fingerprint density at radius 2 is 1.08 bits per heavy atom. The minimum Gasteiger partial charge on any atom is -0.483 e. The maximum absolute atomic E-state index is 11.3. The highest BCUT2D eigenvalue weighted by atomic mass is 16.5. The molecular weight excluding hydrogens is 448 g/mol. The minimum absolute atomic E-state index is 0.0211. The third-order valence-corrected chi connectivity index (χ3v) is 6.83. The molecule has 0 bridgehead atoms. The van der Waals surface area contributed by atoms with E-state index in [4.69, 9.17) is 4.74 Å². The van der Waals surface area contributed by atoms with Crippen LogP contribution in [0.3, 0.4) is 0 Å². The number of rotatable bonds is 6. The molecule has 0 saturated carbocycles. The first-order chi connectivity index (χ1) is 16.2. The van der Waals surface area contributed by atoms with Crippen molar-refractivity contribution < 1.29 is 20.1 Å². The molecule has 0 aliphatic rings. The number of hydrogen-bond donors (Lipinski definition) is 3. The minimum atomic E-state index is -1.34. The van der Waals surface area contributed by atoms with Crippen LogP contribution < -0.4 is 4.74 Å². The van der Waals surface area contributed by atoms with Crippen molar-refractivity contribution in [3.8, 4) is 5.75 Å². The Labute approximate surface area is 219 Å². The van der Waals surface area contributed by atoms with Crippen molar-refractivity contribution in [3.63, 3.8) is 0 Å². The molecule has 2 rings (SSSR count). The molecule has 202 valence electrons. The molecule has 4 heteroatoms. The molecule has 1 unspecified atom stereocenters. The van der Waals surface area contributed by atoms with E-state index in [1.165, 1.54) is 11.1 Å². The fourth-order valence-electron chi connectivity index (χ4n) is 4.37. The summed E-state index contributed by atoms with van der Waals surface area (Å²) in [4.78, 5) is 0. The monoisotopic (exact) mass is 498 g/mol. The summed E-state index contributed by atoms with van der Waals surface area (Å²) in [6.07, 6.45) is -3.51. The molecule has 0 amide bonds. The van der Waals surface area contributed by atoms with Crippen LogP contribution >= 0.6 is 0 Å². The van der Waals surface area contributed by atoms with E-state index in [1.54, 1.807) is 0 Å². The molecular formula is C32H50O4. The van der Waals surface area contributed by atoms with Crippen LogP contribution in [0, 0.1) is 0 Å². The van der Waals surface area contributed by atoms with E-state index in [0.29, 0.717) is 5.75 Å². The van der Waals surface area contributed by atoms with E-state index in [9.17, 15) is 15.3 Å². The lowest BCUT2D eigenvalue weighted by molar-refractivity contribution is -0.0698. The molecule has 0 fully saturated rings. The molecule has 2 aromatic rings. The Kier molecular flexibility index (Phi) is 8.83. The highest BCUT2D eigenvalue weighted by Gasteiger charge is 2.35. The molecule has 3 N–H and O–H groups in total. The third-order valence-electron chi connectivity index (χ3n) is 6.83. The zero-order valence-corrected chi connectivity index (χ0v) is 24.7. The SMILES string of the molecule is CC(C)(C)c1ccc(OC(c2ccc(C(C)(C)C)cc2C(C)(C)C)[C@H](O)[C@H](O)CO)c(C(C)(C)C)c1. The fourth-order valence-corrected chi connectivity index (χ4v) is 4.37. The van der Waals surface area contributed by atoms with Gasteiger partial charge in [-0.15, -0.1) is 0 Å². The van der Waals surface area contributed by atoms with Gasteiger partial charge in [0.2, 0.25) is 0 Å². The summed E-state index contributed by atoms with van der Waals surface area (Å²) < 4.78 is 6.65. The molecule has 3 atom stereocenters. The van der Waals surface area contributed by atoms with Crippen molar-refractivity contribution in [3.05, 3.63) is 64.2 Å². The standard InChI is InChI=1S/C32H50O4/c1-29(2,3)20-13-15-22(23(17-20)31(7,8)9)28(27(35)25(34)19-33)36-26-16-14-21(30(4,5)6)18-24(26)32(10,11)12/h13-18,25,27-28,33-35H,19H2,1-12H3/t25-,27-,28?/m1/s1. The Morgan fingerprint density at radius 3 is 1.50 bits per heavy atom. The van der Waals surface area contributed by atoms with Gasteiger partial charge in [0.15, 0.2) is 6.10 Å². The number of hydrogen-bond acceptors (Lipinski definition) is 4. The first-order valence-electron chi connectivity index (χ1n) is 13.1. The molecule has 36 heavy (non-hydrogen) atoms. The number of ether oxygens (including phenoxy) is 1. The zero-order valence-electron chi connectivity index (χ0n) is 24.7. The zero-order chi connectivity index (χ0) is 27.9. The predicted octanol–water partition coefficient (Wildman–Crippen LogP) is 6.71. The van der Waals surface area contributed by atoms with Gasteiger partial charge < -0.3 is 20.1 Å². The Hall–Kier alpha value is -1.88. The summed E-state index contributed by atoms with van der Waals surface area (Å²) in [6.45, 7) is 25.4. The van der Waals surface area contributed by atoms with Crippen molar-refractivity contribution in [1.29, 1.82) is 0 Å². The van der Waals surface area contributed by atoms with Gasteiger partial charge in [-0.3, -0.25) is 0 Å². The van der Waals surface area contributed by atoms with Crippen LogP contribution in [-0.4, -0.2) is 34.1 Å². The second kappa shape index (κ2) is 10.5. The van der Waals surface area contributed by atoms with Crippen molar-refractivity contribution in [2.75, 3.05) is 6.61 Å². The maximum Gasteiger partial charge on any atom is 0.152 e. The van der Waals surface area contributed by atoms with Crippen LogP contribution in [0.25, 0.3) is 0 Å². The summed E-state index contributed by atoms with van der Waals surface area (Å²) in [7, 11) is 0. The van der Waals surface area contributed by atoms with Gasteiger partial charge in [-0.1, -0.05) is 113 Å². The summed E-state index contributed by atoms with van der Waals surface area (Å²) in [5.41, 5.74) is 4.80. The van der Waals surface area contributed by atoms with E-state index in [2.05, 4.69) is 107 Å². The van der Waals surface area contributed by atoms with Gasteiger partial charge in [-0.2, -0.15) is 0 Å². The highest BCUT2D eigenvalue weighted by molar-refractivity contribution is 5.46. The Bertz CT molecular complexity index is 1030. The van der Waals surface area contributed by atoms with Crippen LogP contribution in [0.1, 0.15) is 117 Å². The topological polar surface area (TPSA) is 69.9 Å². The molecule has 0 aliphatic carbocycles. The van der Waals surface area contributed by atoms with Gasteiger partial charge in [-0.25, -0.2) is 0 Å². The summed E-state index contributed by atoms with van der Waals surface area (Å²) in [5.74, 6) is 0.671. The van der Waals surface area contributed by atoms with Crippen LogP contribution in [0.2, 0.25) is 0 Å². The number of aliphatic hydroxyl groups is 3.